The fourth-order valence-electron chi connectivity index (χ4n) is 2.78. The molecule has 0 aliphatic carbocycles. The first-order chi connectivity index (χ1) is 8.83. The van der Waals surface area contributed by atoms with E-state index in [0.717, 1.165) is 39.3 Å². The maximum absolute atomic E-state index is 4.62. The molecule has 0 radical (unpaired) electrons. The van der Waals surface area contributed by atoms with Crippen molar-refractivity contribution in [1.29, 1.82) is 0 Å². The van der Waals surface area contributed by atoms with Crippen LogP contribution in [0.5, 0.6) is 0 Å². The Bertz CT molecular complexity index is 392. The number of aryl methyl sites for hydroxylation is 1. The van der Waals surface area contributed by atoms with Crippen LogP contribution in [0.25, 0.3) is 0 Å². The molecule has 1 N–H and O–H groups in total. The van der Waals surface area contributed by atoms with Crippen LogP contribution >= 0.6 is 0 Å². The Kier molecular flexibility index (Phi) is 3.63. The van der Waals surface area contributed by atoms with E-state index in [0.29, 0.717) is 0 Å². The molecule has 2 aliphatic rings. The van der Waals surface area contributed by atoms with E-state index >= 15 is 0 Å². The lowest BCUT2D eigenvalue weighted by molar-refractivity contribution is 0.146. The van der Waals surface area contributed by atoms with E-state index in [1.807, 2.05) is 6.33 Å². The van der Waals surface area contributed by atoms with Crippen LogP contribution in [0.4, 0.5) is 0 Å². The molecule has 5 heteroatoms. The van der Waals surface area contributed by atoms with E-state index in [2.05, 4.69) is 31.7 Å². The minimum Gasteiger partial charge on any atom is -0.333 e. The van der Waals surface area contributed by atoms with Crippen LogP contribution in [0.1, 0.15) is 17.8 Å². The van der Waals surface area contributed by atoms with E-state index in [1.165, 1.54) is 30.9 Å². The van der Waals surface area contributed by atoms with Gasteiger partial charge < -0.3 is 14.8 Å². The van der Waals surface area contributed by atoms with E-state index in [4.69, 9.17) is 0 Å². The summed E-state index contributed by atoms with van der Waals surface area (Å²) in [6, 6.07) is 0. The molecule has 0 atom stereocenters. The highest BCUT2D eigenvalue weighted by molar-refractivity contribution is 5.14. The zero-order chi connectivity index (χ0) is 12.4. The Morgan fingerprint density at radius 1 is 1.22 bits per heavy atom. The Hall–Kier alpha value is -0.910. The number of nitrogens with one attached hydrogen (secondary N) is 1. The van der Waals surface area contributed by atoms with Gasteiger partial charge in [-0.25, -0.2) is 4.98 Å². The lowest BCUT2D eigenvalue weighted by atomic mass is 10.2. The highest BCUT2D eigenvalue weighted by atomic mass is 15.3. The van der Waals surface area contributed by atoms with Gasteiger partial charge in [0, 0.05) is 45.8 Å². The Balaban J connectivity index is 1.67. The highest BCUT2D eigenvalue weighted by Gasteiger charge is 2.18. The number of hydrogen-bond donors (Lipinski definition) is 1. The van der Waals surface area contributed by atoms with Gasteiger partial charge in [0.15, 0.2) is 0 Å². The van der Waals surface area contributed by atoms with Crippen LogP contribution < -0.4 is 5.32 Å². The predicted molar refractivity (Wildman–Crippen MR) is 71.3 cm³/mol. The summed E-state index contributed by atoms with van der Waals surface area (Å²) in [6.45, 7) is 8.89. The summed E-state index contributed by atoms with van der Waals surface area (Å²) in [5.41, 5.74) is 2.67. The first-order valence-electron chi connectivity index (χ1n) is 6.97. The molecule has 1 aromatic rings. The molecule has 2 aliphatic heterocycles. The monoisotopic (exact) mass is 249 g/mol. The molecule has 0 aromatic carbocycles. The summed E-state index contributed by atoms with van der Waals surface area (Å²) in [4.78, 5) is 9.54. The van der Waals surface area contributed by atoms with Gasteiger partial charge in [0.1, 0.15) is 0 Å². The molecule has 18 heavy (non-hydrogen) atoms. The largest absolute Gasteiger partial charge is 0.333 e. The summed E-state index contributed by atoms with van der Waals surface area (Å²) < 4.78 is 2.32. The van der Waals surface area contributed by atoms with Gasteiger partial charge in [-0.2, -0.15) is 0 Å². The van der Waals surface area contributed by atoms with Crippen LogP contribution in [0.2, 0.25) is 0 Å². The second-order valence-corrected chi connectivity index (χ2v) is 5.44. The van der Waals surface area contributed by atoms with Crippen LogP contribution in [-0.4, -0.2) is 59.1 Å². The molecule has 1 saturated heterocycles. The zero-order valence-electron chi connectivity index (χ0n) is 11.2. The molecular formula is C13H23N5. The van der Waals surface area contributed by atoms with Crippen LogP contribution in [0.3, 0.4) is 0 Å². The quantitative estimate of drug-likeness (QED) is 0.808. The van der Waals surface area contributed by atoms with Gasteiger partial charge in [0.05, 0.1) is 17.7 Å². The number of nitrogens with zero attached hydrogens (tertiary/aromatic N) is 4. The van der Waals surface area contributed by atoms with Crippen molar-refractivity contribution in [3.8, 4) is 0 Å². The van der Waals surface area contributed by atoms with Gasteiger partial charge in [-0.1, -0.05) is 0 Å². The van der Waals surface area contributed by atoms with Crippen LogP contribution in [-0.2, 0) is 19.6 Å². The number of fused-ring (bicyclic) bond motifs is 1. The van der Waals surface area contributed by atoms with Crippen molar-refractivity contribution < 1.29 is 0 Å². The van der Waals surface area contributed by atoms with Gasteiger partial charge in [0.2, 0.25) is 0 Å². The molecule has 0 unspecified atom stereocenters. The van der Waals surface area contributed by atoms with Crippen LogP contribution in [0.15, 0.2) is 6.33 Å². The van der Waals surface area contributed by atoms with Crippen molar-refractivity contribution in [2.75, 3.05) is 39.8 Å². The van der Waals surface area contributed by atoms with Crippen molar-refractivity contribution in [3.63, 3.8) is 0 Å². The number of rotatable bonds is 2. The Labute approximate surface area is 109 Å². The summed E-state index contributed by atoms with van der Waals surface area (Å²) in [5.74, 6) is 0. The third kappa shape index (κ3) is 2.58. The molecule has 0 spiro atoms. The first-order valence-corrected chi connectivity index (χ1v) is 6.97. The Morgan fingerprint density at radius 2 is 2.06 bits per heavy atom. The van der Waals surface area contributed by atoms with Gasteiger partial charge >= 0.3 is 0 Å². The number of aromatic nitrogens is 2. The highest BCUT2D eigenvalue weighted by Crippen LogP contribution is 2.14. The lowest BCUT2D eigenvalue weighted by Crippen LogP contribution is -2.44. The second kappa shape index (κ2) is 5.38. The SMILES string of the molecule is CN1CCN(Cc2ncn3c2CNCCC3)CC1. The van der Waals surface area contributed by atoms with E-state index in [9.17, 15) is 0 Å². The summed E-state index contributed by atoms with van der Waals surface area (Å²) >= 11 is 0. The molecule has 100 valence electrons. The molecule has 1 aromatic heterocycles. The molecule has 5 nitrogen and oxygen atoms in total. The van der Waals surface area contributed by atoms with Gasteiger partial charge in [0.25, 0.3) is 0 Å². The fourth-order valence-corrected chi connectivity index (χ4v) is 2.78. The standard InChI is InChI=1S/C13H23N5/c1-16-5-7-17(8-6-16)10-12-13-9-14-3-2-4-18(13)11-15-12/h11,14H,2-10H2,1H3. The molecule has 3 heterocycles. The van der Waals surface area contributed by atoms with Crippen molar-refractivity contribution in [2.24, 2.45) is 0 Å². The third-order valence-corrected chi connectivity index (χ3v) is 4.05. The molecule has 0 amide bonds. The maximum Gasteiger partial charge on any atom is 0.0952 e. The lowest BCUT2D eigenvalue weighted by Gasteiger charge is -2.32. The van der Waals surface area contributed by atoms with E-state index in [1.54, 1.807) is 0 Å². The number of imidazole rings is 1. The predicted octanol–water partition coefficient (Wildman–Crippen LogP) is 0.124. The zero-order valence-corrected chi connectivity index (χ0v) is 11.2. The summed E-state index contributed by atoms with van der Waals surface area (Å²) in [5, 5.41) is 3.49. The van der Waals surface area contributed by atoms with Gasteiger partial charge in [-0.05, 0) is 20.0 Å². The first kappa shape index (κ1) is 12.1. The average Bonchev–Trinajstić information content (AvgIpc) is 2.62. The van der Waals surface area contributed by atoms with Crippen molar-refractivity contribution in [1.82, 2.24) is 24.7 Å². The van der Waals surface area contributed by atoms with Crippen molar-refractivity contribution >= 4 is 0 Å². The summed E-state index contributed by atoms with van der Waals surface area (Å²) in [7, 11) is 2.20. The molecule has 0 saturated carbocycles. The Morgan fingerprint density at radius 3 is 2.89 bits per heavy atom. The normalized spacial score (nSPS) is 22.7. The maximum atomic E-state index is 4.62. The smallest absolute Gasteiger partial charge is 0.0952 e. The molecule has 1 fully saturated rings. The van der Waals surface area contributed by atoms with Gasteiger partial charge in [-0.15, -0.1) is 0 Å². The van der Waals surface area contributed by atoms with Crippen LogP contribution in [0, 0.1) is 0 Å². The fraction of sp³-hybridized carbons (Fsp3) is 0.769. The number of piperazine rings is 1. The van der Waals surface area contributed by atoms with E-state index < -0.39 is 0 Å². The molecule has 3 rings (SSSR count). The minimum absolute atomic E-state index is 0.975. The average molecular weight is 249 g/mol. The molecular weight excluding hydrogens is 226 g/mol. The number of likely N-dealkylation sites (N-methyl/N-ethyl adjacent to an activating group) is 1. The topological polar surface area (TPSA) is 36.3 Å². The second-order valence-electron chi connectivity index (χ2n) is 5.44. The number of hydrogen-bond acceptors (Lipinski definition) is 4. The third-order valence-electron chi connectivity index (χ3n) is 4.05. The summed E-state index contributed by atoms with van der Waals surface area (Å²) in [6.07, 6.45) is 3.23. The molecule has 0 bridgehead atoms. The van der Waals surface area contributed by atoms with Crippen molar-refractivity contribution in [2.45, 2.75) is 26.1 Å². The van der Waals surface area contributed by atoms with Crippen molar-refractivity contribution in [3.05, 3.63) is 17.7 Å². The minimum atomic E-state index is 0.975. The van der Waals surface area contributed by atoms with E-state index in [-0.39, 0.29) is 0 Å². The van der Waals surface area contributed by atoms with Gasteiger partial charge in [-0.3, -0.25) is 4.90 Å².